The van der Waals surface area contributed by atoms with Gasteiger partial charge in [0.15, 0.2) is 0 Å². The lowest BCUT2D eigenvalue weighted by Gasteiger charge is -2.21. The number of benzene rings is 1. The lowest BCUT2D eigenvalue weighted by Crippen LogP contribution is -2.35. The molecule has 3 nitrogen and oxygen atoms in total. The summed E-state index contributed by atoms with van der Waals surface area (Å²) in [5, 5.41) is 9.80. The predicted molar refractivity (Wildman–Crippen MR) is 74.0 cm³/mol. The Labute approximate surface area is 125 Å². The minimum Gasteiger partial charge on any atom is -0.391 e. The SMILES string of the molecule is CN(CC(O)C1CC1)C(=O)c1ccc(SC(F)(F)F)cc1. The maximum Gasteiger partial charge on any atom is 0.446 e. The first kappa shape index (κ1) is 16.2. The second kappa shape index (κ2) is 6.27. The Morgan fingerprint density at radius 3 is 2.43 bits per heavy atom. The van der Waals surface area contributed by atoms with Crippen molar-refractivity contribution in [3.05, 3.63) is 29.8 Å². The van der Waals surface area contributed by atoms with Crippen LogP contribution < -0.4 is 0 Å². The second-order valence-electron chi connectivity index (χ2n) is 5.16. The van der Waals surface area contributed by atoms with Crippen LogP contribution in [0.4, 0.5) is 13.2 Å². The van der Waals surface area contributed by atoms with Gasteiger partial charge in [-0.2, -0.15) is 13.2 Å². The summed E-state index contributed by atoms with van der Waals surface area (Å²) in [7, 11) is 1.58. The molecule has 1 unspecified atom stereocenters. The van der Waals surface area contributed by atoms with Gasteiger partial charge in [-0.3, -0.25) is 4.79 Å². The smallest absolute Gasteiger partial charge is 0.391 e. The number of thioether (sulfide) groups is 1. The Kier molecular flexibility index (Phi) is 4.83. The van der Waals surface area contributed by atoms with Crippen molar-refractivity contribution in [2.75, 3.05) is 13.6 Å². The van der Waals surface area contributed by atoms with Crippen molar-refractivity contribution in [3.63, 3.8) is 0 Å². The fraction of sp³-hybridized carbons (Fsp3) is 0.500. The third-order valence-corrected chi connectivity index (χ3v) is 4.05. The molecule has 1 fully saturated rings. The number of carbonyl (C=O) groups is 1. The van der Waals surface area contributed by atoms with Crippen LogP contribution in [0, 0.1) is 5.92 Å². The van der Waals surface area contributed by atoms with Crippen molar-refractivity contribution in [2.24, 2.45) is 5.92 Å². The Hall–Kier alpha value is -1.21. The van der Waals surface area contributed by atoms with E-state index < -0.39 is 11.6 Å². The number of hydrogen-bond donors (Lipinski definition) is 1. The maximum absolute atomic E-state index is 12.2. The van der Waals surface area contributed by atoms with Gasteiger partial charge in [0.2, 0.25) is 0 Å². The van der Waals surface area contributed by atoms with Crippen molar-refractivity contribution in [3.8, 4) is 0 Å². The molecule has 2 rings (SSSR count). The summed E-state index contributed by atoms with van der Waals surface area (Å²) in [6.45, 7) is 0.239. The first-order valence-electron chi connectivity index (χ1n) is 6.55. The first-order valence-corrected chi connectivity index (χ1v) is 7.37. The predicted octanol–water partition coefficient (Wildman–Crippen LogP) is 3.14. The lowest BCUT2D eigenvalue weighted by molar-refractivity contribution is -0.0328. The molecule has 116 valence electrons. The van der Waals surface area contributed by atoms with E-state index in [-0.39, 0.29) is 35.0 Å². The van der Waals surface area contributed by atoms with Crippen LogP contribution in [0.25, 0.3) is 0 Å². The summed E-state index contributed by atoms with van der Waals surface area (Å²) < 4.78 is 36.6. The van der Waals surface area contributed by atoms with Gasteiger partial charge in [0.1, 0.15) is 0 Å². The summed E-state index contributed by atoms with van der Waals surface area (Å²) in [6.07, 6.45) is 1.43. The van der Waals surface area contributed by atoms with Crippen molar-refractivity contribution < 1.29 is 23.1 Å². The molecule has 1 saturated carbocycles. The second-order valence-corrected chi connectivity index (χ2v) is 6.30. The third-order valence-electron chi connectivity index (χ3n) is 3.31. The Bertz CT molecular complexity index is 500. The number of alkyl halides is 3. The molecule has 0 radical (unpaired) electrons. The Balaban J connectivity index is 1.95. The summed E-state index contributed by atoms with van der Waals surface area (Å²) in [6, 6.07) is 5.29. The molecule has 7 heteroatoms. The summed E-state index contributed by atoms with van der Waals surface area (Å²) in [5.74, 6) is -0.0379. The number of rotatable bonds is 5. The van der Waals surface area contributed by atoms with Crippen molar-refractivity contribution in [2.45, 2.75) is 29.3 Å². The monoisotopic (exact) mass is 319 g/mol. The Morgan fingerprint density at radius 2 is 1.95 bits per heavy atom. The molecule has 0 heterocycles. The molecule has 21 heavy (non-hydrogen) atoms. The zero-order valence-corrected chi connectivity index (χ0v) is 12.2. The van der Waals surface area contributed by atoms with E-state index in [9.17, 15) is 23.1 Å². The molecule has 1 aromatic carbocycles. The van der Waals surface area contributed by atoms with Gasteiger partial charge in [-0.05, 0) is 54.8 Å². The zero-order valence-electron chi connectivity index (χ0n) is 11.4. The largest absolute Gasteiger partial charge is 0.446 e. The van der Waals surface area contributed by atoms with Gasteiger partial charge >= 0.3 is 5.51 Å². The third kappa shape index (κ3) is 4.93. The topological polar surface area (TPSA) is 40.5 Å². The molecule has 1 aliphatic rings. The van der Waals surface area contributed by atoms with E-state index in [4.69, 9.17) is 0 Å². The van der Waals surface area contributed by atoms with Gasteiger partial charge in [-0.15, -0.1) is 0 Å². The quantitative estimate of drug-likeness (QED) is 0.848. The number of hydrogen-bond acceptors (Lipinski definition) is 3. The van der Waals surface area contributed by atoms with Gasteiger partial charge in [-0.1, -0.05) is 0 Å². The molecular weight excluding hydrogens is 303 g/mol. The van der Waals surface area contributed by atoms with Crippen molar-refractivity contribution in [1.29, 1.82) is 0 Å². The highest BCUT2D eigenvalue weighted by Crippen LogP contribution is 2.36. The number of likely N-dealkylation sites (N-methyl/N-ethyl adjacent to an activating group) is 1. The van der Waals surface area contributed by atoms with E-state index in [0.717, 1.165) is 12.8 Å². The summed E-state index contributed by atoms with van der Waals surface area (Å²) in [4.78, 5) is 13.5. The summed E-state index contributed by atoms with van der Waals surface area (Å²) >= 11 is -0.213. The average molecular weight is 319 g/mol. The van der Waals surface area contributed by atoms with Crippen LogP contribution in [0.1, 0.15) is 23.2 Å². The van der Waals surface area contributed by atoms with Crippen LogP contribution in [0.15, 0.2) is 29.2 Å². The lowest BCUT2D eigenvalue weighted by atomic mass is 10.1. The van der Waals surface area contributed by atoms with Gasteiger partial charge in [0.25, 0.3) is 5.91 Å². The molecule has 1 aliphatic carbocycles. The van der Waals surface area contributed by atoms with E-state index in [1.165, 1.54) is 29.2 Å². The van der Waals surface area contributed by atoms with Crippen LogP contribution in [0.2, 0.25) is 0 Å². The van der Waals surface area contributed by atoms with E-state index in [0.29, 0.717) is 5.56 Å². The van der Waals surface area contributed by atoms with Crippen LogP contribution >= 0.6 is 11.8 Å². The van der Waals surface area contributed by atoms with Crippen LogP contribution in [0.3, 0.4) is 0 Å². The standard InChI is InChI=1S/C14H16F3NO2S/c1-18(8-12(19)9-2-3-9)13(20)10-4-6-11(7-5-10)21-14(15,16)17/h4-7,9,12,19H,2-3,8H2,1H3. The minimum absolute atomic E-state index is 0.0414. The van der Waals surface area contributed by atoms with Crippen molar-refractivity contribution >= 4 is 17.7 Å². The van der Waals surface area contributed by atoms with Crippen LogP contribution in [0.5, 0.6) is 0 Å². The normalized spacial score (nSPS) is 16.6. The van der Waals surface area contributed by atoms with E-state index in [2.05, 4.69) is 0 Å². The number of nitrogens with zero attached hydrogens (tertiary/aromatic N) is 1. The van der Waals surface area contributed by atoms with Crippen molar-refractivity contribution in [1.82, 2.24) is 4.90 Å². The Morgan fingerprint density at radius 1 is 1.38 bits per heavy atom. The molecule has 1 amide bonds. The van der Waals surface area contributed by atoms with E-state index >= 15 is 0 Å². The number of aliphatic hydroxyl groups is 1. The highest BCUT2D eigenvalue weighted by molar-refractivity contribution is 8.00. The van der Waals surface area contributed by atoms with E-state index in [1.54, 1.807) is 7.05 Å². The molecule has 0 aliphatic heterocycles. The molecular formula is C14H16F3NO2S. The minimum atomic E-state index is -4.34. The van der Waals surface area contributed by atoms with E-state index in [1.807, 2.05) is 0 Å². The van der Waals surface area contributed by atoms with Gasteiger partial charge in [0, 0.05) is 24.1 Å². The van der Waals surface area contributed by atoms with Gasteiger partial charge < -0.3 is 10.0 Å². The average Bonchev–Trinajstić information content (AvgIpc) is 3.21. The molecule has 0 spiro atoms. The maximum atomic E-state index is 12.2. The summed E-state index contributed by atoms with van der Waals surface area (Å²) in [5.41, 5.74) is -4.02. The van der Waals surface area contributed by atoms with Gasteiger partial charge in [-0.25, -0.2) is 0 Å². The zero-order chi connectivity index (χ0) is 15.6. The van der Waals surface area contributed by atoms with Gasteiger partial charge in [0.05, 0.1) is 6.10 Å². The highest BCUT2D eigenvalue weighted by atomic mass is 32.2. The number of halogens is 3. The fourth-order valence-electron chi connectivity index (χ4n) is 2.01. The molecule has 0 saturated heterocycles. The fourth-order valence-corrected chi connectivity index (χ4v) is 2.55. The molecule has 0 aromatic heterocycles. The highest BCUT2D eigenvalue weighted by Gasteiger charge is 2.31. The molecule has 1 atom stereocenters. The molecule has 0 bridgehead atoms. The number of amides is 1. The number of aliphatic hydroxyl groups excluding tert-OH is 1. The van der Waals surface area contributed by atoms with Crippen LogP contribution in [-0.2, 0) is 0 Å². The molecule has 1 N–H and O–H groups in total. The van der Waals surface area contributed by atoms with Crippen LogP contribution in [-0.4, -0.2) is 41.1 Å². The first-order chi connectivity index (χ1) is 9.76. The number of carbonyl (C=O) groups excluding carboxylic acids is 1. The molecule has 1 aromatic rings.